The van der Waals surface area contributed by atoms with E-state index in [4.69, 9.17) is 0 Å². The van der Waals surface area contributed by atoms with Crippen LogP contribution >= 0.6 is 11.8 Å². The Morgan fingerprint density at radius 1 is 1.67 bits per heavy atom. The second-order valence-corrected chi connectivity index (χ2v) is 3.28. The van der Waals surface area contributed by atoms with Crippen LogP contribution in [0.15, 0.2) is 17.3 Å². The molecular weight excluding hydrogens is 130 g/mol. The molecule has 1 nitrogen and oxygen atoms in total. The van der Waals surface area contributed by atoms with E-state index in [0.717, 1.165) is 5.75 Å². The predicted octanol–water partition coefficient (Wildman–Crippen LogP) is 2.44. The van der Waals surface area contributed by atoms with Crippen LogP contribution in [0.1, 0.15) is 12.5 Å². The minimum Gasteiger partial charge on any atom is -0.356 e. The van der Waals surface area contributed by atoms with Gasteiger partial charge in [-0.3, -0.25) is 0 Å². The van der Waals surface area contributed by atoms with Gasteiger partial charge >= 0.3 is 0 Å². The van der Waals surface area contributed by atoms with Crippen molar-refractivity contribution in [2.75, 3.05) is 5.75 Å². The number of nitrogens with one attached hydrogen (secondary N) is 1. The first-order valence-electron chi connectivity index (χ1n) is 3.10. The zero-order valence-corrected chi connectivity index (χ0v) is 6.59. The first-order valence-corrected chi connectivity index (χ1v) is 4.09. The topological polar surface area (TPSA) is 15.8 Å². The molecule has 1 aromatic heterocycles. The molecule has 0 aromatic carbocycles. The smallest absolute Gasteiger partial charge is 0.0724 e. The van der Waals surface area contributed by atoms with Crippen LogP contribution in [0.4, 0.5) is 0 Å². The number of aromatic amines is 1. The summed E-state index contributed by atoms with van der Waals surface area (Å²) in [4.78, 5) is 3.17. The molecule has 0 spiro atoms. The highest BCUT2D eigenvalue weighted by Gasteiger charge is 1.91. The second-order valence-electron chi connectivity index (χ2n) is 1.97. The summed E-state index contributed by atoms with van der Waals surface area (Å²) in [5.74, 6) is 1.14. The highest BCUT2D eigenvalue weighted by atomic mass is 32.2. The zero-order valence-electron chi connectivity index (χ0n) is 5.77. The Kier molecular flexibility index (Phi) is 2.22. The zero-order chi connectivity index (χ0) is 6.69. The van der Waals surface area contributed by atoms with E-state index in [1.165, 1.54) is 10.6 Å². The number of aromatic nitrogens is 1. The first-order chi connectivity index (χ1) is 4.33. The molecule has 0 unspecified atom stereocenters. The van der Waals surface area contributed by atoms with Gasteiger partial charge in [-0.25, -0.2) is 0 Å². The molecule has 50 valence electrons. The fourth-order valence-electron chi connectivity index (χ4n) is 0.714. The number of H-pyrrole nitrogens is 1. The molecule has 9 heavy (non-hydrogen) atoms. The van der Waals surface area contributed by atoms with Crippen molar-refractivity contribution in [1.29, 1.82) is 0 Å². The average Bonchev–Trinajstić information content (AvgIpc) is 2.17. The van der Waals surface area contributed by atoms with Gasteiger partial charge in [0.1, 0.15) is 0 Å². The minimum absolute atomic E-state index is 1.14. The Morgan fingerprint density at radius 2 is 2.44 bits per heavy atom. The van der Waals surface area contributed by atoms with Crippen molar-refractivity contribution in [2.24, 2.45) is 0 Å². The van der Waals surface area contributed by atoms with Gasteiger partial charge in [0.25, 0.3) is 0 Å². The van der Waals surface area contributed by atoms with Gasteiger partial charge in [-0.2, -0.15) is 0 Å². The number of thioether (sulfide) groups is 1. The van der Waals surface area contributed by atoms with E-state index < -0.39 is 0 Å². The average molecular weight is 141 g/mol. The van der Waals surface area contributed by atoms with E-state index in [1.54, 1.807) is 0 Å². The molecule has 1 N–H and O–H groups in total. The lowest BCUT2D eigenvalue weighted by atomic mass is 10.4. The van der Waals surface area contributed by atoms with Crippen LogP contribution in [-0.2, 0) is 0 Å². The van der Waals surface area contributed by atoms with Crippen molar-refractivity contribution in [3.63, 3.8) is 0 Å². The third-order valence-electron chi connectivity index (χ3n) is 1.10. The lowest BCUT2D eigenvalue weighted by Gasteiger charge is -1.87. The molecule has 0 aliphatic carbocycles. The molecule has 0 saturated heterocycles. The Hall–Kier alpha value is -0.370. The summed E-state index contributed by atoms with van der Waals surface area (Å²) in [5.41, 5.74) is 1.31. The van der Waals surface area contributed by atoms with Crippen molar-refractivity contribution in [3.05, 3.63) is 17.8 Å². The second kappa shape index (κ2) is 2.97. The maximum Gasteiger partial charge on any atom is 0.0724 e. The van der Waals surface area contributed by atoms with Crippen LogP contribution < -0.4 is 0 Å². The normalized spacial score (nSPS) is 10.0. The molecule has 0 bridgehead atoms. The molecule has 0 fully saturated rings. The molecular formula is C7H11NS. The fraction of sp³-hybridized carbons (Fsp3) is 0.429. The third-order valence-corrected chi connectivity index (χ3v) is 1.94. The van der Waals surface area contributed by atoms with Crippen LogP contribution in [0.5, 0.6) is 0 Å². The largest absolute Gasteiger partial charge is 0.356 e. The molecule has 0 amide bonds. The van der Waals surface area contributed by atoms with Gasteiger partial charge in [0.05, 0.1) is 5.03 Å². The van der Waals surface area contributed by atoms with Gasteiger partial charge in [0.2, 0.25) is 0 Å². The summed E-state index contributed by atoms with van der Waals surface area (Å²) in [6.07, 6.45) is 2.03. The van der Waals surface area contributed by atoms with Crippen LogP contribution in [0.25, 0.3) is 0 Å². The summed E-state index contributed by atoms with van der Waals surface area (Å²) < 4.78 is 0. The summed E-state index contributed by atoms with van der Waals surface area (Å²) in [7, 11) is 0. The fourth-order valence-corrected chi connectivity index (χ4v) is 1.44. The Labute approximate surface area is 59.9 Å². The summed E-state index contributed by atoms with van der Waals surface area (Å²) >= 11 is 1.84. The minimum atomic E-state index is 1.14. The van der Waals surface area contributed by atoms with Crippen molar-refractivity contribution in [1.82, 2.24) is 4.98 Å². The highest BCUT2D eigenvalue weighted by Crippen LogP contribution is 2.15. The van der Waals surface area contributed by atoms with E-state index in [-0.39, 0.29) is 0 Å². The molecule has 0 atom stereocenters. The van der Waals surface area contributed by atoms with Gasteiger partial charge < -0.3 is 4.98 Å². The lowest BCUT2D eigenvalue weighted by molar-refractivity contribution is 1.20. The van der Waals surface area contributed by atoms with E-state index >= 15 is 0 Å². The lowest BCUT2D eigenvalue weighted by Crippen LogP contribution is -1.67. The van der Waals surface area contributed by atoms with Gasteiger partial charge in [-0.1, -0.05) is 6.92 Å². The molecule has 0 radical (unpaired) electrons. The van der Waals surface area contributed by atoms with Crippen molar-refractivity contribution in [2.45, 2.75) is 18.9 Å². The number of hydrogen-bond donors (Lipinski definition) is 1. The highest BCUT2D eigenvalue weighted by molar-refractivity contribution is 7.99. The quantitative estimate of drug-likeness (QED) is 0.625. The van der Waals surface area contributed by atoms with Crippen LogP contribution in [0, 0.1) is 6.92 Å². The molecule has 0 aliphatic heterocycles. The predicted molar refractivity (Wildman–Crippen MR) is 41.9 cm³/mol. The Morgan fingerprint density at radius 3 is 2.89 bits per heavy atom. The molecule has 2 heteroatoms. The maximum absolute atomic E-state index is 3.17. The summed E-state index contributed by atoms with van der Waals surface area (Å²) in [6, 6.07) is 2.16. The Balaban J connectivity index is 2.61. The number of rotatable bonds is 2. The van der Waals surface area contributed by atoms with Crippen LogP contribution in [-0.4, -0.2) is 10.7 Å². The first kappa shape index (κ1) is 6.75. The van der Waals surface area contributed by atoms with Crippen molar-refractivity contribution >= 4 is 11.8 Å². The monoisotopic (exact) mass is 141 g/mol. The molecule has 1 heterocycles. The number of hydrogen-bond acceptors (Lipinski definition) is 1. The Bertz CT molecular complexity index is 181. The van der Waals surface area contributed by atoms with Gasteiger partial charge in [-0.05, 0) is 24.3 Å². The van der Waals surface area contributed by atoms with Crippen LogP contribution in [0.3, 0.4) is 0 Å². The molecule has 1 aromatic rings. The third kappa shape index (κ3) is 1.79. The van der Waals surface area contributed by atoms with E-state index in [2.05, 4.69) is 24.9 Å². The van der Waals surface area contributed by atoms with E-state index in [0.29, 0.717) is 0 Å². The maximum atomic E-state index is 3.17. The summed E-state index contributed by atoms with van der Waals surface area (Å²) in [6.45, 7) is 4.25. The molecule has 1 rings (SSSR count). The van der Waals surface area contributed by atoms with Gasteiger partial charge in [0.15, 0.2) is 0 Å². The number of aryl methyl sites for hydroxylation is 1. The standard InChI is InChI=1S/C7H11NS/c1-3-9-7-4-6(2)5-8-7/h4-5,8H,3H2,1-2H3. The molecule has 0 saturated carbocycles. The van der Waals surface area contributed by atoms with Gasteiger partial charge in [-0.15, -0.1) is 11.8 Å². The van der Waals surface area contributed by atoms with E-state index in [9.17, 15) is 0 Å². The van der Waals surface area contributed by atoms with Crippen LogP contribution in [0.2, 0.25) is 0 Å². The summed E-state index contributed by atoms with van der Waals surface area (Å²) in [5, 5.41) is 1.27. The SMILES string of the molecule is CCSc1cc(C)c[nH]1. The van der Waals surface area contributed by atoms with Crippen molar-refractivity contribution < 1.29 is 0 Å². The van der Waals surface area contributed by atoms with Crippen molar-refractivity contribution in [3.8, 4) is 0 Å². The molecule has 0 aliphatic rings. The van der Waals surface area contributed by atoms with Gasteiger partial charge in [0, 0.05) is 6.20 Å². The van der Waals surface area contributed by atoms with E-state index in [1.807, 2.05) is 18.0 Å².